The Hall–Kier alpha value is -1.06. The van der Waals surface area contributed by atoms with E-state index >= 15 is 0 Å². The molecule has 1 aliphatic carbocycles. The van der Waals surface area contributed by atoms with Gasteiger partial charge < -0.3 is 10.2 Å². The number of carbonyl (C=O) groups excluding carboxylic acids is 2. The minimum absolute atomic E-state index is 0.101. The molecule has 4 heteroatoms. The summed E-state index contributed by atoms with van der Waals surface area (Å²) >= 11 is 0. The fourth-order valence-corrected chi connectivity index (χ4v) is 2.11. The zero-order valence-corrected chi connectivity index (χ0v) is 11.7. The highest BCUT2D eigenvalue weighted by atomic mass is 16.2. The first-order valence-corrected chi connectivity index (χ1v) is 7.18. The monoisotopic (exact) mass is 254 g/mol. The van der Waals surface area contributed by atoms with Crippen molar-refractivity contribution in [2.24, 2.45) is 5.92 Å². The van der Waals surface area contributed by atoms with Crippen molar-refractivity contribution in [2.75, 3.05) is 19.6 Å². The van der Waals surface area contributed by atoms with Gasteiger partial charge in [0, 0.05) is 32.5 Å². The molecule has 4 nitrogen and oxygen atoms in total. The first-order valence-electron chi connectivity index (χ1n) is 7.18. The van der Waals surface area contributed by atoms with Crippen LogP contribution in [0.5, 0.6) is 0 Å². The maximum atomic E-state index is 11.6. The lowest BCUT2D eigenvalue weighted by Gasteiger charge is -2.25. The van der Waals surface area contributed by atoms with Gasteiger partial charge in [-0.3, -0.25) is 9.59 Å². The largest absolute Gasteiger partial charge is 0.354 e. The lowest BCUT2D eigenvalue weighted by molar-refractivity contribution is -0.130. The average Bonchev–Trinajstić information content (AvgIpc) is 2.24. The highest BCUT2D eigenvalue weighted by molar-refractivity contribution is 5.79. The van der Waals surface area contributed by atoms with E-state index < -0.39 is 0 Å². The van der Waals surface area contributed by atoms with Crippen molar-refractivity contribution in [1.82, 2.24) is 10.2 Å². The Morgan fingerprint density at radius 1 is 1.22 bits per heavy atom. The Morgan fingerprint density at radius 2 is 1.94 bits per heavy atom. The molecule has 2 amide bonds. The van der Waals surface area contributed by atoms with E-state index in [9.17, 15) is 9.59 Å². The molecule has 1 saturated carbocycles. The Morgan fingerprint density at radius 3 is 2.44 bits per heavy atom. The molecular formula is C14H26N2O2. The normalized spacial score (nSPS) is 15.0. The van der Waals surface area contributed by atoms with Crippen molar-refractivity contribution in [2.45, 2.75) is 52.4 Å². The Balaban J connectivity index is 2.15. The quantitative estimate of drug-likeness (QED) is 0.673. The molecular weight excluding hydrogens is 228 g/mol. The number of unbranched alkanes of at least 4 members (excludes halogenated alkanes) is 2. The second-order valence-corrected chi connectivity index (χ2v) is 5.13. The number of hydrogen-bond donors (Lipinski definition) is 1. The molecule has 0 bridgehead atoms. The summed E-state index contributed by atoms with van der Waals surface area (Å²) < 4.78 is 0. The van der Waals surface area contributed by atoms with Crippen LogP contribution in [-0.4, -0.2) is 36.3 Å². The molecule has 0 heterocycles. The molecule has 0 unspecified atom stereocenters. The molecule has 0 aromatic rings. The molecule has 0 aliphatic heterocycles. The van der Waals surface area contributed by atoms with Gasteiger partial charge in [0.25, 0.3) is 0 Å². The van der Waals surface area contributed by atoms with Gasteiger partial charge in [0.1, 0.15) is 0 Å². The predicted molar refractivity (Wildman–Crippen MR) is 72.1 cm³/mol. The first kappa shape index (κ1) is 15.0. The summed E-state index contributed by atoms with van der Waals surface area (Å²) in [5.74, 6) is 0.498. The number of nitrogens with zero attached hydrogens (tertiary/aromatic N) is 1. The zero-order chi connectivity index (χ0) is 13.4. The van der Waals surface area contributed by atoms with E-state index in [1.54, 1.807) is 6.92 Å². The standard InChI is InChI=1S/C14H26N2O2/c1-3-4-5-10-16(12(2)17)11-9-15-14(18)13-7-6-8-13/h13H,3-11H2,1-2H3,(H,15,18). The molecule has 1 N–H and O–H groups in total. The van der Waals surface area contributed by atoms with Gasteiger partial charge in [-0.25, -0.2) is 0 Å². The van der Waals surface area contributed by atoms with Crippen LogP contribution in [-0.2, 0) is 9.59 Å². The Labute approximate surface area is 110 Å². The van der Waals surface area contributed by atoms with Crippen molar-refractivity contribution in [3.8, 4) is 0 Å². The Kier molecular flexibility index (Phi) is 6.76. The van der Waals surface area contributed by atoms with Gasteiger partial charge in [-0.1, -0.05) is 26.2 Å². The molecule has 0 radical (unpaired) electrons. The van der Waals surface area contributed by atoms with E-state index in [0.717, 1.165) is 38.6 Å². The summed E-state index contributed by atoms with van der Waals surface area (Å²) in [4.78, 5) is 24.9. The number of amides is 2. The van der Waals surface area contributed by atoms with Crippen molar-refractivity contribution in [3.05, 3.63) is 0 Å². The summed E-state index contributed by atoms with van der Waals surface area (Å²) in [6.07, 6.45) is 6.58. The van der Waals surface area contributed by atoms with E-state index in [-0.39, 0.29) is 17.7 Å². The van der Waals surface area contributed by atoms with E-state index in [1.807, 2.05) is 4.90 Å². The van der Waals surface area contributed by atoms with Crippen molar-refractivity contribution >= 4 is 11.8 Å². The third kappa shape index (κ3) is 5.07. The third-order valence-electron chi connectivity index (χ3n) is 3.63. The van der Waals surface area contributed by atoms with E-state index in [1.165, 1.54) is 6.42 Å². The Bertz CT molecular complexity index is 275. The lowest BCUT2D eigenvalue weighted by atomic mass is 9.85. The van der Waals surface area contributed by atoms with Crippen LogP contribution in [0.15, 0.2) is 0 Å². The van der Waals surface area contributed by atoms with Gasteiger partial charge in [-0.15, -0.1) is 0 Å². The minimum Gasteiger partial charge on any atom is -0.354 e. The molecule has 0 atom stereocenters. The van der Waals surface area contributed by atoms with Gasteiger partial charge in [-0.2, -0.15) is 0 Å². The summed E-state index contributed by atoms with van der Waals surface area (Å²) in [5, 5.41) is 2.93. The van der Waals surface area contributed by atoms with Crippen molar-refractivity contribution in [3.63, 3.8) is 0 Å². The van der Waals surface area contributed by atoms with Crippen LogP contribution in [0.3, 0.4) is 0 Å². The third-order valence-corrected chi connectivity index (χ3v) is 3.63. The van der Waals surface area contributed by atoms with Crippen LogP contribution >= 0.6 is 0 Å². The number of rotatable bonds is 8. The molecule has 1 fully saturated rings. The van der Waals surface area contributed by atoms with Gasteiger partial charge in [-0.05, 0) is 19.3 Å². The molecule has 0 spiro atoms. The summed E-state index contributed by atoms with van der Waals surface area (Å²) in [6.45, 7) is 5.78. The fraction of sp³-hybridized carbons (Fsp3) is 0.857. The van der Waals surface area contributed by atoms with Gasteiger partial charge in [0.15, 0.2) is 0 Å². The molecule has 1 aliphatic rings. The molecule has 1 rings (SSSR count). The van der Waals surface area contributed by atoms with Gasteiger partial charge >= 0.3 is 0 Å². The predicted octanol–water partition coefficient (Wildman–Crippen LogP) is 1.94. The zero-order valence-electron chi connectivity index (χ0n) is 11.7. The number of carbonyl (C=O) groups is 2. The second kappa shape index (κ2) is 8.11. The maximum absolute atomic E-state index is 11.6. The molecule has 104 valence electrons. The van der Waals surface area contributed by atoms with Crippen molar-refractivity contribution < 1.29 is 9.59 Å². The maximum Gasteiger partial charge on any atom is 0.223 e. The average molecular weight is 254 g/mol. The highest BCUT2D eigenvalue weighted by Crippen LogP contribution is 2.25. The van der Waals surface area contributed by atoms with Crippen LogP contribution in [0.2, 0.25) is 0 Å². The van der Waals surface area contributed by atoms with Crippen molar-refractivity contribution in [1.29, 1.82) is 0 Å². The molecule has 0 aromatic carbocycles. The molecule has 0 aromatic heterocycles. The first-order chi connectivity index (χ1) is 8.65. The van der Waals surface area contributed by atoms with E-state index in [2.05, 4.69) is 12.2 Å². The second-order valence-electron chi connectivity index (χ2n) is 5.13. The number of hydrogen-bond acceptors (Lipinski definition) is 2. The van der Waals surface area contributed by atoms with Crippen LogP contribution < -0.4 is 5.32 Å². The minimum atomic E-state index is 0.101. The molecule has 0 saturated heterocycles. The van der Waals surface area contributed by atoms with E-state index in [4.69, 9.17) is 0 Å². The number of nitrogens with one attached hydrogen (secondary N) is 1. The SMILES string of the molecule is CCCCCN(CCNC(=O)C1CCC1)C(C)=O. The van der Waals surface area contributed by atoms with Gasteiger partial charge in [0.05, 0.1) is 0 Å². The van der Waals surface area contributed by atoms with Crippen LogP contribution in [0.25, 0.3) is 0 Å². The van der Waals surface area contributed by atoms with Crippen LogP contribution in [0.4, 0.5) is 0 Å². The summed E-state index contributed by atoms with van der Waals surface area (Å²) in [7, 11) is 0. The smallest absolute Gasteiger partial charge is 0.223 e. The summed E-state index contributed by atoms with van der Waals surface area (Å²) in [5.41, 5.74) is 0. The summed E-state index contributed by atoms with van der Waals surface area (Å²) in [6, 6.07) is 0. The highest BCUT2D eigenvalue weighted by Gasteiger charge is 2.24. The molecule has 18 heavy (non-hydrogen) atoms. The van der Waals surface area contributed by atoms with Crippen LogP contribution in [0, 0.1) is 5.92 Å². The van der Waals surface area contributed by atoms with Crippen LogP contribution in [0.1, 0.15) is 52.4 Å². The fourth-order valence-electron chi connectivity index (χ4n) is 2.11. The van der Waals surface area contributed by atoms with E-state index in [0.29, 0.717) is 13.1 Å². The van der Waals surface area contributed by atoms with Gasteiger partial charge in [0.2, 0.25) is 11.8 Å². The lowest BCUT2D eigenvalue weighted by Crippen LogP contribution is -2.41. The topological polar surface area (TPSA) is 49.4 Å².